The number of aryl methyl sites for hydroxylation is 1. The van der Waals surface area contributed by atoms with Crippen LogP contribution in [-0.4, -0.2) is 24.5 Å². The van der Waals surface area contributed by atoms with E-state index in [4.69, 9.17) is 4.74 Å². The fourth-order valence-corrected chi connectivity index (χ4v) is 4.02. The number of nitrogens with one attached hydrogen (secondary N) is 2. The molecular formula is C23H26N2O3. The molecule has 2 aromatic rings. The highest BCUT2D eigenvalue weighted by molar-refractivity contribution is 6.04. The van der Waals surface area contributed by atoms with Crippen LogP contribution in [0.5, 0.6) is 5.75 Å². The molecule has 5 nitrogen and oxygen atoms in total. The van der Waals surface area contributed by atoms with Crippen LogP contribution in [0.4, 0.5) is 5.69 Å². The highest BCUT2D eigenvalue weighted by atomic mass is 16.5. The molecule has 1 saturated carbocycles. The van der Waals surface area contributed by atoms with Crippen molar-refractivity contribution in [2.45, 2.75) is 45.1 Å². The third-order valence-electron chi connectivity index (χ3n) is 5.58. The summed E-state index contributed by atoms with van der Waals surface area (Å²) >= 11 is 0. The number of amides is 2. The molecule has 0 spiro atoms. The van der Waals surface area contributed by atoms with Gasteiger partial charge in [-0.05, 0) is 62.1 Å². The second-order valence-electron chi connectivity index (χ2n) is 7.85. The first-order valence-electron chi connectivity index (χ1n) is 10.0. The Labute approximate surface area is 165 Å². The van der Waals surface area contributed by atoms with Crippen molar-refractivity contribution in [1.29, 1.82) is 0 Å². The molecule has 1 fully saturated rings. The first-order chi connectivity index (χ1) is 13.6. The highest BCUT2D eigenvalue weighted by Gasteiger charge is 2.28. The van der Waals surface area contributed by atoms with Gasteiger partial charge < -0.3 is 15.4 Å². The van der Waals surface area contributed by atoms with Crippen LogP contribution in [-0.2, 0) is 11.2 Å². The summed E-state index contributed by atoms with van der Waals surface area (Å²) < 4.78 is 5.81. The van der Waals surface area contributed by atoms with E-state index in [9.17, 15) is 9.59 Å². The Balaban J connectivity index is 1.43. The Morgan fingerprint density at radius 3 is 2.68 bits per heavy atom. The molecule has 146 valence electrons. The van der Waals surface area contributed by atoms with Crippen molar-refractivity contribution in [2.24, 2.45) is 5.92 Å². The van der Waals surface area contributed by atoms with Gasteiger partial charge in [0.15, 0.2) is 0 Å². The Morgan fingerprint density at radius 1 is 1.07 bits per heavy atom. The van der Waals surface area contributed by atoms with Gasteiger partial charge in [-0.3, -0.25) is 9.59 Å². The number of anilines is 1. The van der Waals surface area contributed by atoms with Crippen molar-refractivity contribution < 1.29 is 14.3 Å². The molecule has 0 unspecified atom stereocenters. The zero-order chi connectivity index (χ0) is 19.5. The summed E-state index contributed by atoms with van der Waals surface area (Å²) in [5, 5.41) is 6.11. The fourth-order valence-electron chi connectivity index (χ4n) is 4.02. The molecule has 0 saturated heterocycles. The average Bonchev–Trinajstić information content (AvgIpc) is 3.20. The molecule has 1 heterocycles. The standard InChI is InChI=1S/C23H26N2O3/c1-15-5-4-6-16(11-15)22(26)25-20-9-10-21-17(13-20)12-18(14-28-21)23(27)24-19-7-2-3-8-19/h4-6,9-11,13,18-19H,2-3,7-8,12,14H2,1H3,(H,24,27)(H,25,26)/t18-/m0/s1. The van der Waals surface area contributed by atoms with Crippen molar-refractivity contribution in [3.63, 3.8) is 0 Å². The van der Waals surface area contributed by atoms with Gasteiger partial charge in [0.1, 0.15) is 12.4 Å². The summed E-state index contributed by atoms with van der Waals surface area (Å²) in [7, 11) is 0. The third kappa shape index (κ3) is 4.19. The highest BCUT2D eigenvalue weighted by Crippen LogP contribution is 2.30. The van der Waals surface area contributed by atoms with E-state index < -0.39 is 0 Å². The molecule has 2 aromatic carbocycles. The van der Waals surface area contributed by atoms with Gasteiger partial charge in [0.05, 0.1) is 5.92 Å². The normalized spacial score (nSPS) is 18.8. The topological polar surface area (TPSA) is 67.4 Å². The Hall–Kier alpha value is -2.82. The van der Waals surface area contributed by atoms with Gasteiger partial charge in [0.2, 0.25) is 5.91 Å². The molecule has 2 aliphatic rings. The first kappa shape index (κ1) is 18.5. The van der Waals surface area contributed by atoms with Crippen LogP contribution in [0.1, 0.15) is 47.2 Å². The number of fused-ring (bicyclic) bond motifs is 1. The van der Waals surface area contributed by atoms with Crippen LogP contribution in [0.3, 0.4) is 0 Å². The second kappa shape index (κ2) is 8.05. The Bertz CT molecular complexity index is 887. The maximum absolute atomic E-state index is 12.6. The molecule has 1 aliphatic carbocycles. The van der Waals surface area contributed by atoms with E-state index in [0.717, 1.165) is 29.7 Å². The van der Waals surface area contributed by atoms with Crippen LogP contribution in [0.15, 0.2) is 42.5 Å². The molecule has 1 aliphatic heterocycles. The minimum atomic E-state index is -0.184. The van der Waals surface area contributed by atoms with Crippen molar-refractivity contribution in [2.75, 3.05) is 11.9 Å². The van der Waals surface area contributed by atoms with E-state index in [-0.39, 0.29) is 17.7 Å². The van der Waals surface area contributed by atoms with E-state index in [1.165, 1.54) is 12.8 Å². The lowest BCUT2D eigenvalue weighted by atomic mass is 9.95. The Kier molecular flexibility index (Phi) is 5.33. The smallest absolute Gasteiger partial charge is 0.255 e. The molecule has 0 bridgehead atoms. The van der Waals surface area contributed by atoms with Gasteiger partial charge >= 0.3 is 0 Å². The molecule has 5 heteroatoms. The van der Waals surface area contributed by atoms with Crippen LogP contribution >= 0.6 is 0 Å². The minimum Gasteiger partial charge on any atom is -0.492 e. The van der Waals surface area contributed by atoms with Crippen LogP contribution < -0.4 is 15.4 Å². The van der Waals surface area contributed by atoms with E-state index in [1.807, 2.05) is 43.3 Å². The van der Waals surface area contributed by atoms with Gasteiger partial charge in [0, 0.05) is 17.3 Å². The van der Waals surface area contributed by atoms with E-state index >= 15 is 0 Å². The van der Waals surface area contributed by atoms with E-state index in [2.05, 4.69) is 10.6 Å². The summed E-state index contributed by atoms with van der Waals surface area (Å²) in [6.45, 7) is 2.37. The number of carbonyl (C=O) groups excluding carboxylic acids is 2. The SMILES string of the molecule is Cc1cccc(C(=O)Nc2ccc3c(c2)C[C@H](C(=O)NC2CCCC2)CO3)c1. The molecular weight excluding hydrogens is 352 g/mol. The number of rotatable bonds is 4. The van der Waals surface area contributed by atoms with Gasteiger partial charge in [-0.15, -0.1) is 0 Å². The van der Waals surface area contributed by atoms with Gasteiger partial charge in [0.25, 0.3) is 5.91 Å². The van der Waals surface area contributed by atoms with Crippen molar-refractivity contribution in [3.05, 3.63) is 59.2 Å². The van der Waals surface area contributed by atoms with Gasteiger partial charge in [-0.25, -0.2) is 0 Å². The lowest BCUT2D eigenvalue weighted by Gasteiger charge is -2.26. The second-order valence-corrected chi connectivity index (χ2v) is 7.85. The number of carbonyl (C=O) groups is 2. The molecule has 0 radical (unpaired) electrons. The first-order valence-corrected chi connectivity index (χ1v) is 10.0. The van der Waals surface area contributed by atoms with Crippen molar-refractivity contribution >= 4 is 17.5 Å². The number of benzene rings is 2. The Morgan fingerprint density at radius 2 is 1.89 bits per heavy atom. The summed E-state index contributed by atoms with van der Waals surface area (Å²) in [5.74, 6) is 0.539. The predicted octanol–water partition coefficient (Wildman–Crippen LogP) is 3.86. The molecule has 2 amide bonds. The summed E-state index contributed by atoms with van der Waals surface area (Å²) in [6, 6.07) is 13.4. The number of ether oxygens (including phenoxy) is 1. The lowest BCUT2D eigenvalue weighted by molar-refractivity contribution is -0.127. The predicted molar refractivity (Wildman–Crippen MR) is 109 cm³/mol. The number of hydrogen-bond donors (Lipinski definition) is 2. The maximum Gasteiger partial charge on any atom is 0.255 e. The fraction of sp³-hybridized carbons (Fsp3) is 0.391. The molecule has 0 aromatic heterocycles. The maximum atomic E-state index is 12.6. The molecule has 28 heavy (non-hydrogen) atoms. The monoisotopic (exact) mass is 378 g/mol. The molecule has 1 atom stereocenters. The van der Waals surface area contributed by atoms with Gasteiger partial charge in [-0.1, -0.05) is 30.5 Å². The summed E-state index contributed by atoms with van der Waals surface area (Å²) in [6.07, 6.45) is 5.16. The van der Waals surface area contributed by atoms with Crippen molar-refractivity contribution in [3.8, 4) is 5.75 Å². The van der Waals surface area contributed by atoms with Crippen molar-refractivity contribution in [1.82, 2.24) is 5.32 Å². The lowest BCUT2D eigenvalue weighted by Crippen LogP contribution is -2.41. The quantitative estimate of drug-likeness (QED) is 0.849. The minimum absolute atomic E-state index is 0.0757. The third-order valence-corrected chi connectivity index (χ3v) is 5.58. The summed E-state index contributed by atoms with van der Waals surface area (Å²) in [4.78, 5) is 25.1. The van der Waals surface area contributed by atoms with Crippen LogP contribution in [0.2, 0.25) is 0 Å². The van der Waals surface area contributed by atoms with E-state index in [0.29, 0.717) is 30.3 Å². The van der Waals surface area contributed by atoms with Crippen LogP contribution in [0.25, 0.3) is 0 Å². The molecule has 4 rings (SSSR count). The summed E-state index contributed by atoms with van der Waals surface area (Å²) in [5.41, 5.74) is 3.34. The van der Waals surface area contributed by atoms with Crippen LogP contribution in [0, 0.1) is 12.8 Å². The van der Waals surface area contributed by atoms with E-state index in [1.54, 1.807) is 6.07 Å². The zero-order valence-electron chi connectivity index (χ0n) is 16.2. The average molecular weight is 378 g/mol. The number of hydrogen-bond acceptors (Lipinski definition) is 3. The molecule has 2 N–H and O–H groups in total. The van der Waals surface area contributed by atoms with Gasteiger partial charge in [-0.2, -0.15) is 0 Å². The zero-order valence-corrected chi connectivity index (χ0v) is 16.2. The largest absolute Gasteiger partial charge is 0.492 e.